The highest BCUT2D eigenvalue weighted by molar-refractivity contribution is 7.89. The lowest BCUT2D eigenvalue weighted by Crippen LogP contribution is -2.40. The van der Waals surface area contributed by atoms with Crippen molar-refractivity contribution in [3.05, 3.63) is 29.3 Å². The molecule has 6 rings (SSSR count). The average Bonchev–Trinajstić information content (AvgIpc) is 3.43. The van der Waals surface area contributed by atoms with Crippen LogP contribution < -0.4 is 4.72 Å². The third kappa shape index (κ3) is 16.8. The van der Waals surface area contributed by atoms with Crippen molar-refractivity contribution in [3.8, 4) is 0 Å². The van der Waals surface area contributed by atoms with Gasteiger partial charge in [0.2, 0.25) is 15.9 Å². The maximum absolute atomic E-state index is 11.4. The number of rotatable bonds is 5. The van der Waals surface area contributed by atoms with E-state index in [0.29, 0.717) is 35.3 Å². The van der Waals surface area contributed by atoms with Gasteiger partial charge in [-0.1, -0.05) is 46.2 Å². The van der Waals surface area contributed by atoms with Crippen molar-refractivity contribution in [3.63, 3.8) is 0 Å². The van der Waals surface area contributed by atoms with Gasteiger partial charge in [0, 0.05) is 50.7 Å². The van der Waals surface area contributed by atoms with Gasteiger partial charge in [-0.05, 0) is 148 Å². The minimum Gasteiger partial charge on any atom is -0.379 e. The fourth-order valence-electron chi connectivity index (χ4n) is 7.21. The molecule has 0 atom stereocenters. The van der Waals surface area contributed by atoms with Crippen molar-refractivity contribution in [1.82, 2.24) is 24.3 Å². The molecule has 0 radical (unpaired) electrons. The fourth-order valence-corrected chi connectivity index (χ4v) is 8.43. The number of benzene rings is 1. The molecule has 302 valence electrons. The third-order valence-corrected chi connectivity index (χ3v) is 12.6. The summed E-state index contributed by atoms with van der Waals surface area (Å²) in [6, 6.07) is 7.40. The first-order valence-corrected chi connectivity index (χ1v) is 22.2. The SMILES string of the molecule is CC(C)C1CCN(C)CC1.CC(C)N1CCCCC1.CC(C)N1CCCCC1=O.CC(C)N1CCOCC1.CC(C)c1ccc2c(c1)CNS2(=O)=O. The van der Waals surface area contributed by atoms with Gasteiger partial charge >= 0.3 is 0 Å². The summed E-state index contributed by atoms with van der Waals surface area (Å²) in [5, 5.41) is 0. The van der Waals surface area contributed by atoms with Gasteiger partial charge in [0.25, 0.3) is 0 Å². The van der Waals surface area contributed by atoms with Crippen LogP contribution in [0.2, 0.25) is 0 Å². The zero-order chi connectivity index (χ0) is 38.8. The summed E-state index contributed by atoms with van der Waals surface area (Å²) in [6.45, 7) is 32.8. The van der Waals surface area contributed by atoms with Crippen LogP contribution in [0.4, 0.5) is 0 Å². The second-order valence-corrected chi connectivity index (χ2v) is 18.5. The topological polar surface area (TPSA) is 85.4 Å². The van der Waals surface area contributed by atoms with Gasteiger partial charge in [-0.2, -0.15) is 0 Å². The first kappa shape index (κ1) is 46.6. The van der Waals surface area contributed by atoms with E-state index in [2.05, 4.69) is 95.7 Å². The molecule has 0 bridgehead atoms. The van der Waals surface area contributed by atoms with Crippen molar-refractivity contribution in [2.24, 2.45) is 11.8 Å². The van der Waals surface area contributed by atoms with Crippen molar-refractivity contribution in [2.45, 2.75) is 156 Å². The summed E-state index contributed by atoms with van der Waals surface area (Å²) in [7, 11) is -0.979. The molecule has 4 fully saturated rings. The second-order valence-electron chi connectivity index (χ2n) is 16.8. The zero-order valence-electron chi connectivity index (χ0n) is 35.3. The van der Waals surface area contributed by atoms with E-state index >= 15 is 0 Å². The molecule has 0 unspecified atom stereocenters. The molecule has 1 N–H and O–H groups in total. The van der Waals surface area contributed by atoms with E-state index in [9.17, 15) is 13.2 Å². The molecule has 0 saturated carbocycles. The lowest BCUT2D eigenvalue weighted by atomic mass is 9.87. The lowest BCUT2D eigenvalue weighted by molar-refractivity contribution is -0.135. The number of sulfonamides is 1. The van der Waals surface area contributed by atoms with Crippen LogP contribution in [0, 0.1) is 11.8 Å². The Balaban J connectivity index is 0.000000228. The Kier molecular flexibility index (Phi) is 21.6. The van der Waals surface area contributed by atoms with Crippen molar-refractivity contribution >= 4 is 15.9 Å². The van der Waals surface area contributed by atoms with Crippen LogP contribution in [0.15, 0.2) is 23.1 Å². The van der Waals surface area contributed by atoms with Crippen molar-refractivity contribution in [2.75, 3.05) is 66.1 Å². The highest BCUT2D eigenvalue weighted by Gasteiger charge is 2.25. The number of amides is 1. The minimum absolute atomic E-state index is 0.334. The summed E-state index contributed by atoms with van der Waals surface area (Å²) in [4.78, 5) is 21.0. The Morgan fingerprint density at radius 3 is 1.71 bits per heavy atom. The number of fused-ring (bicyclic) bond motifs is 1. The van der Waals surface area contributed by atoms with Gasteiger partial charge in [0.15, 0.2) is 0 Å². The van der Waals surface area contributed by atoms with Crippen LogP contribution in [0.3, 0.4) is 0 Å². The molecule has 1 aromatic rings. The van der Waals surface area contributed by atoms with Gasteiger partial charge in [0.05, 0.1) is 18.1 Å². The Morgan fingerprint density at radius 2 is 1.27 bits per heavy atom. The van der Waals surface area contributed by atoms with Crippen LogP contribution in [0.5, 0.6) is 0 Å². The Hall–Kier alpha value is -1.56. The van der Waals surface area contributed by atoms with Crippen molar-refractivity contribution < 1.29 is 17.9 Å². The first-order chi connectivity index (χ1) is 24.5. The van der Waals surface area contributed by atoms with Gasteiger partial charge in [-0.15, -0.1) is 0 Å². The molecule has 5 aliphatic rings. The predicted octanol–water partition coefficient (Wildman–Crippen LogP) is 7.60. The number of carbonyl (C=O) groups excluding carboxylic acids is 1. The molecule has 1 amide bonds. The summed E-state index contributed by atoms with van der Waals surface area (Å²) in [6.07, 6.45) is 10.1. The molecule has 5 heterocycles. The van der Waals surface area contributed by atoms with E-state index < -0.39 is 10.0 Å². The second kappa shape index (κ2) is 24.1. The van der Waals surface area contributed by atoms with Crippen molar-refractivity contribution in [1.29, 1.82) is 0 Å². The van der Waals surface area contributed by atoms with E-state index in [1.807, 2.05) is 17.0 Å². The normalized spacial score (nSPS) is 21.5. The van der Waals surface area contributed by atoms with E-state index in [0.717, 1.165) is 69.1 Å². The smallest absolute Gasteiger partial charge is 0.241 e. The summed E-state index contributed by atoms with van der Waals surface area (Å²) < 4.78 is 30.6. The van der Waals surface area contributed by atoms with Crippen LogP contribution in [0.1, 0.15) is 138 Å². The van der Waals surface area contributed by atoms with Crippen LogP contribution in [0.25, 0.3) is 0 Å². The fraction of sp³-hybridized carbons (Fsp3) is 0.833. The van der Waals surface area contributed by atoms with E-state index in [1.54, 1.807) is 6.07 Å². The number of ether oxygens (including phenoxy) is 1. The number of nitrogens with one attached hydrogen (secondary N) is 1. The Bertz CT molecular complexity index is 1210. The van der Waals surface area contributed by atoms with Gasteiger partial charge in [-0.25, -0.2) is 13.1 Å². The first-order valence-electron chi connectivity index (χ1n) is 20.7. The molecule has 10 heteroatoms. The van der Waals surface area contributed by atoms with E-state index in [4.69, 9.17) is 4.74 Å². The summed E-state index contributed by atoms with van der Waals surface area (Å²) in [5.41, 5.74) is 2.07. The molecule has 9 nitrogen and oxygen atoms in total. The summed E-state index contributed by atoms with van der Waals surface area (Å²) >= 11 is 0. The standard InChI is InChI=1S/C10H13NO2S.C9H19N.C8H15NO.C8H17N.C7H15NO/c1-7(2)8-3-4-10-9(5-8)6-11-14(10,12)13;1-8(2)9-4-6-10(3)7-5-9;1-7(2)9-6-4-3-5-8(9)10;1-8(2)9-6-4-3-5-7-9;1-7(2)8-3-5-9-6-4-8/h3-5,7,11H,6H2,1-2H3;8-9H,4-7H2,1-3H3;7H,3-6H2,1-2H3;8H,3-7H2,1-2H3;7H,3-6H2,1-2H3. The maximum Gasteiger partial charge on any atom is 0.241 e. The van der Waals surface area contributed by atoms with Gasteiger partial charge < -0.3 is 19.4 Å². The predicted molar refractivity (Wildman–Crippen MR) is 218 cm³/mol. The molecular formula is C42H79N5O4S. The van der Waals surface area contributed by atoms with Crippen LogP contribution in [-0.4, -0.2) is 118 Å². The Morgan fingerprint density at radius 1 is 0.712 bits per heavy atom. The molecule has 0 aliphatic carbocycles. The number of likely N-dealkylation sites (tertiary alicyclic amines) is 3. The molecule has 4 saturated heterocycles. The number of hydrogen-bond acceptors (Lipinski definition) is 7. The number of hydrogen-bond donors (Lipinski definition) is 1. The lowest BCUT2D eigenvalue weighted by Gasteiger charge is -2.31. The zero-order valence-corrected chi connectivity index (χ0v) is 36.1. The van der Waals surface area contributed by atoms with E-state index in [1.165, 1.54) is 70.3 Å². The van der Waals surface area contributed by atoms with E-state index in [-0.39, 0.29) is 0 Å². The Labute approximate surface area is 320 Å². The number of carbonyl (C=O) groups is 1. The van der Waals surface area contributed by atoms with Crippen LogP contribution in [-0.2, 0) is 26.1 Å². The highest BCUT2D eigenvalue weighted by atomic mass is 32.2. The third-order valence-electron chi connectivity index (χ3n) is 11.1. The van der Waals surface area contributed by atoms with Gasteiger partial charge in [-0.3, -0.25) is 9.69 Å². The average molecular weight is 750 g/mol. The quantitative estimate of drug-likeness (QED) is 0.332. The number of piperidine rings is 3. The summed E-state index contributed by atoms with van der Waals surface area (Å²) in [5.74, 6) is 2.66. The molecular weight excluding hydrogens is 671 g/mol. The minimum atomic E-state index is -3.20. The largest absolute Gasteiger partial charge is 0.379 e. The van der Waals surface area contributed by atoms with Gasteiger partial charge in [0.1, 0.15) is 0 Å². The molecule has 5 aliphatic heterocycles. The number of nitrogens with zero attached hydrogens (tertiary/aromatic N) is 4. The molecule has 1 aromatic carbocycles. The highest BCUT2D eigenvalue weighted by Crippen LogP contribution is 2.26. The monoisotopic (exact) mass is 750 g/mol. The van der Waals surface area contributed by atoms with Crippen LogP contribution >= 0.6 is 0 Å². The number of morpholine rings is 1. The molecule has 52 heavy (non-hydrogen) atoms. The molecule has 0 aromatic heterocycles. The molecule has 0 spiro atoms. The maximum atomic E-state index is 11.4.